The highest BCUT2D eigenvalue weighted by atomic mass is 16.2. The highest BCUT2D eigenvalue weighted by molar-refractivity contribution is 5.74. The topological polar surface area (TPSA) is 54.0 Å². The van der Waals surface area contributed by atoms with E-state index in [0.29, 0.717) is 18.5 Å². The first-order valence-corrected chi connectivity index (χ1v) is 7.79. The standard InChI is InChI=1S/C16H23N3O/c20-16(19-15-4-2-1-3-5-15)18-10-12-8-14(11-17-9-12)13-6-7-13/h8-9,11,13,15H,1-7,10H2,(H2,18,19,20). The second-order valence-corrected chi connectivity index (χ2v) is 6.06. The quantitative estimate of drug-likeness (QED) is 0.885. The Labute approximate surface area is 120 Å². The summed E-state index contributed by atoms with van der Waals surface area (Å²) in [6.07, 6.45) is 12.4. The molecule has 1 heterocycles. The van der Waals surface area contributed by atoms with Gasteiger partial charge in [-0.25, -0.2) is 4.79 Å². The highest BCUT2D eigenvalue weighted by Crippen LogP contribution is 2.39. The van der Waals surface area contributed by atoms with Crippen molar-refractivity contribution in [3.8, 4) is 0 Å². The molecule has 0 radical (unpaired) electrons. The summed E-state index contributed by atoms with van der Waals surface area (Å²) >= 11 is 0. The van der Waals surface area contributed by atoms with Crippen LogP contribution in [0.2, 0.25) is 0 Å². The number of carbonyl (C=O) groups excluding carboxylic acids is 1. The van der Waals surface area contributed by atoms with Gasteiger partial charge in [0.1, 0.15) is 0 Å². The maximum Gasteiger partial charge on any atom is 0.315 e. The van der Waals surface area contributed by atoms with Gasteiger partial charge in [0, 0.05) is 25.0 Å². The third-order valence-corrected chi connectivity index (χ3v) is 4.26. The van der Waals surface area contributed by atoms with Gasteiger partial charge in [-0.15, -0.1) is 0 Å². The molecule has 4 heteroatoms. The first kappa shape index (κ1) is 13.4. The average Bonchev–Trinajstić information content (AvgIpc) is 3.31. The zero-order valence-corrected chi connectivity index (χ0v) is 11.9. The third kappa shape index (κ3) is 3.71. The Morgan fingerprint density at radius 1 is 1.15 bits per heavy atom. The molecule has 0 unspecified atom stereocenters. The Bertz CT molecular complexity index is 465. The molecule has 2 aliphatic carbocycles. The molecule has 108 valence electrons. The fourth-order valence-electron chi connectivity index (χ4n) is 2.91. The average molecular weight is 273 g/mol. The lowest BCUT2D eigenvalue weighted by Gasteiger charge is -2.22. The van der Waals surface area contributed by atoms with E-state index in [9.17, 15) is 4.79 Å². The Morgan fingerprint density at radius 2 is 1.95 bits per heavy atom. The van der Waals surface area contributed by atoms with Crippen LogP contribution in [0, 0.1) is 0 Å². The van der Waals surface area contributed by atoms with Crippen molar-refractivity contribution in [2.24, 2.45) is 0 Å². The molecule has 1 aromatic rings. The van der Waals surface area contributed by atoms with Crippen LogP contribution in [0.4, 0.5) is 4.79 Å². The fraction of sp³-hybridized carbons (Fsp3) is 0.625. The van der Waals surface area contributed by atoms with Gasteiger partial charge in [0.2, 0.25) is 0 Å². The molecule has 1 aromatic heterocycles. The first-order chi connectivity index (χ1) is 9.81. The van der Waals surface area contributed by atoms with Crippen LogP contribution >= 0.6 is 0 Å². The van der Waals surface area contributed by atoms with E-state index in [0.717, 1.165) is 18.4 Å². The lowest BCUT2D eigenvalue weighted by Crippen LogP contribution is -2.42. The maximum atomic E-state index is 11.9. The number of carbonyl (C=O) groups is 1. The predicted octanol–water partition coefficient (Wildman–Crippen LogP) is 3.09. The molecule has 20 heavy (non-hydrogen) atoms. The van der Waals surface area contributed by atoms with Crippen LogP contribution in [0.1, 0.15) is 62.0 Å². The van der Waals surface area contributed by atoms with Gasteiger partial charge >= 0.3 is 6.03 Å². The van der Waals surface area contributed by atoms with Crippen LogP contribution in [-0.2, 0) is 6.54 Å². The second kappa shape index (κ2) is 6.25. The van der Waals surface area contributed by atoms with E-state index in [-0.39, 0.29) is 6.03 Å². The van der Waals surface area contributed by atoms with Crippen LogP contribution in [0.3, 0.4) is 0 Å². The summed E-state index contributed by atoms with van der Waals surface area (Å²) in [4.78, 5) is 16.1. The number of hydrogen-bond acceptors (Lipinski definition) is 2. The Balaban J connectivity index is 1.46. The van der Waals surface area contributed by atoms with Gasteiger partial charge in [0.25, 0.3) is 0 Å². The molecule has 0 saturated heterocycles. The summed E-state index contributed by atoms with van der Waals surface area (Å²) in [6.45, 7) is 0.562. The summed E-state index contributed by atoms with van der Waals surface area (Å²) in [5.41, 5.74) is 2.41. The largest absolute Gasteiger partial charge is 0.335 e. The van der Waals surface area contributed by atoms with E-state index in [2.05, 4.69) is 21.7 Å². The molecule has 0 aliphatic heterocycles. The molecule has 2 N–H and O–H groups in total. The number of amides is 2. The minimum atomic E-state index is -0.0475. The Morgan fingerprint density at radius 3 is 2.70 bits per heavy atom. The van der Waals surface area contributed by atoms with Crippen LogP contribution in [0.5, 0.6) is 0 Å². The number of aromatic nitrogens is 1. The minimum absolute atomic E-state index is 0.0475. The zero-order chi connectivity index (χ0) is 13.8. The van der Waals surface area contributed by atoms with Crippen molar-refractivity contribution in [2.45, 2.75) is 63.5 Å². The van der Waals surface area contributed by atoms with Gasteiger partial charge in [-0.05, 0) is 42.7 Å². The van der Waals surface area contributed by atoms with Crippen LogP contribution in [0.25, 0.3) is 0 Å². The molecule has 2 amide bonds. The molecular weight excluding hydrogens is 250 g/mol. The van der Waals surface area contributed by atoms with Crippen molar-refractivity contribution >= 4 is 6.03 Å². The number of rotatable bonds is 4. The minimum Gasteiger partial charge on any atom is -0.335 e. The zero-order valence-electron chi connectivity index (χ0n) is 11.9. The number of nitrogens with zero attached hydrogens (tertiary/aromatic N) is 1. The van der Waals surface area contributed by atoms with Crippen molar-refractivity contribution in [1.82, 2.24) is 15.6 Å². The molecule has 2 aliphatic rings. The SMILES string of the molecule is O=C(NCc1cncc(C2CC2)c1)NC1CCCCC1. The molecule has 3 rings (SSSR count). The van der Waals surface area contributed by atoms with E-state index in [4.69, 9.17) is 0 Å². The summed E-state index contributed by atoms with van der Waals surface area (Å²) in [5, 5.41) is 6.01. The van der Waals surface area contributed by atoms with Gasteiger partial charge < -0.3 is 10.6 Å². The highest BCUT2D eigenvalue weighted by Gasteiger charge is 2.23. The number of nitrogens with one attached hydrogen (secondary N) is 2. The summed E-state index contributed by atoms with van der Waals surface area (Å²) in [7, 11) is 0. The molecule has 0 bridgehead atoms. The Kier molecular flexibility index (Phi) is 4.19. The number of pyridine rings is 1. The molecule has 0 atom stereocenters. The maximum absolute atomic E-state index is 11.9. The molecular formula is C16H23N3O. The smallest absolute Gasteiger partial charge is 0.315 e. The van der Waals surface area contributed by atoms with Gasteiger partial charge in [-0.1, -0.05) is 25.3 Å². The van der Waals surface area contributed by atoms with Crippen molar-refractivity contribution < 1.29 is 4.79 Å². The van der Waals surface area contributed by atoms with Crippen molar-refractivity contribution in [2.75, 3.05) is 0 Å². The third-order valence-electron chi connectivity index (χ3n) is 4.26. The van der Waals surface area contributed by atoms with Gasteiger partial charge in [-0.3, -0.25) is 4.98 Å². The lowest BCUT2D eigenvalue weighted by atomic mass is 9.96. The first-order valence-electron chi connectivity index (χ1n) is 7.79. The fourth-order valence-corrected chi connectivity index (χ4v) is 2.91. The molecule has 4 nitrogen and oxygen atoms in total. The molecule has 0 aromatic carbocycles. The van der Waals surface area contributed by atoms with Crippen molar-refractivity contribution in [3.63, 3.8) is 0 Å². The van der Waals surface area contributed by atoms with Crippen LogP contribution in [0.15, 0.2) is 18.5 Å². The summed E-state index contributed by atoms with van der Waals surface area (Å²) < 4.78 is 0. The molecule has 0 spiro atoms. The predicted molar refractivity (Wildman–Crippen MR) is 78.5 cm³/mol. The molecule has 2 fully saturated rings. The van der Waals surface area contributed by atoms with E-state index in [1.54, 1.807) is 0 Å². The van der Waals surface area contributed by atoms with Crippen LogP contribution in [-0.4, -0.2) is 17.1 Å². The van der Waals surface area contributed by atoms with E-state index >= 15 is 0 Å². The summed E-state index contributed by atoms with van der Waals surface area (Å²) in [5.74, 6) is 0.707. The van der Waals surface area contributed by atoms with Crippen LogP contribution < -0.4 is 10.6 Å². The van der Waals surface area contributed by atoms with E-state index < -0.39 is 0 Å². The number of urea groups is 1. The molecule has 2 saturated carbocycles. The van der Waals surface area contributed by atoms with E-state index in [1.807, 2.05) is 12.4 Å². The van der Waals surface area contributed by atoms with Gasteiger partial charge in [0.05, 0.1) is 0 Å². The monoisotopic (exact) mass is 273 g/mol. The second-order valence-electron chi connectivity index (χ2n) is 6.06. The number of hydrogen-bond donors (Lipinski definition) is 2. The van der Waals surface area contributed by atoms with E-state index in [1.165, 1.54) is 37.7 Å². The van der Waals surface area contributed by atoms with Gasteiger partial charge in [0.15, 0.2) is 0 Å². The van der Waals surface area contributed by atoms with Crippen molar-refractivity contribution in [3.05, 3.63) is 29.6 Å². The van der Waals surface area contributed by atoms with Gasteiger partial charge in [-0.2, -0.15) is 0 Å². The lowest BCUT2D eigenvalue weighted by molar-refractivity contribution is 0.232. The Hall–Kier alpha value is -1.58. The normalized spacial score (nSPS) is 19.6. The van der Waals surface area contributed by atoms with Crippen molar-refractivity contribution in [1.29, 1.82) is 0 Å². The summed E-state index contributed by atoms with van der Waals surface area (Å²) in [6, 6.07) is 2.49.